The number of halogens is 1. The third kappa shape index (κ3) is 4.48. The van der Waals surface area contributed by atoms with Gasteiger partial charge in [0.1, 0.15) is 0 Å². The third-order valence-electron chi connectivity index (χ3n) is 5.04. The van der Waals surface area contributed by atoms with E-state index in [1.807, 2.05) is 23.1 Å². The molecule has 1 unspecified atom stereocenters. The van der Waals surface area contributed by atoms with Crippen molar-refractivity contribution in [3.8, 4) is 0 Å². The van der Waals surface area contributed by atoms with Crippen molar-refractivity contribution in [1.29, 1.82) is 0 Å². The van der Waals surface area contributed by atoms with E-state index in [0.29, 0.717) is 0 Å². The number of hydrogen-bond acceptors (Lipinski definition) is 4. The first-order chi connectivity index (χ1) is 11.6. The van der Waals surface area contributed by atoms with Gasteiger partial charge in [-0.3, -0.25) is 9.69 Å². The molecule has 2 aliphatic heterocycles. The summed E-state index contributed by atoms with van der Waals surface area (Å²) in [4.78, 5) is 16.9. The molecule has 5 nitrogen and oxygen atoms in total. The number of nitrogens with zero attached hydrogens (tertiary/aromatic N) is 2. The Hall–Kier alpha value is -1.14. The Morgan fingerprint density at radius 1 is 1.25 bits per heavy atom. The van der Waals surface area contributed by atoms with E-state index in [9.17, 15) is 4.79 Å². The van der Waals surface area contributed by atoms with Crippen LogP contribution in [0.3, 0.4) is 0 Å². The van der Waals surface area contributed by atoms with E-state index in [0.717, 1.165) is 63.8 Å². The third-order valence-corrected chi connectivity index (χ3v) is 5.27. The fourth-order valence-electron chi connectivity index (χ4n) is 3.51. The average Bonchev–Trinajstić information content (AvgIpc) is 2.62. The molecule has 3 rings (SSSR count). The van der Waals surface area contributed by atoms with Gasteiger partial charge in [-0.25, -0.2) is 0 Å². The summed E-state index contributed by atoms with van der Waals surface area (Å²) in [6.45, 7) is 5.55. The van der Waals surface area contributed by atoms with Gasteiger partial charge in [0, 0.05) is 51.0 Å². The van der Waals surface area contributed by atoms with E-state index in [4.69, 9.17) is 22.1 Å². The van der Waals surface area contributed by atoms with Crippen LogP contribution in [0.2, 0.25) is 5.02 Å². The molecule has 0 bridgehead atoms. The van der Waals surface area contributed by atoms with Gasteiger partial charge in [0.25, 0.3) is 0 Å². The van der Waals surface area contributed by atoms with Crippen LogP contribution in [-0.2, 0) is 16.1 Å². The minimum absolute atomic E-state index is 0.101. The molecule has 6 heteroatoms. The Morgan fingerprint density at radius 2 is 1.96 bits per heavy atom. The highest BCUT2D eigenvalue weighted by Crippen LogP contribution is 2.20. The first-order valence-corrected chi connectivity index (χ1v) is 9.10. The Morgan fingerprint density at radius 3 is 2.62 bits per heavy atom. The zero-order valence-electron chi connectivity index (χ0n) is 14.0. The van der Waals surface area contributed by atoms with E-state index in [1.165, 1.54) is 5.56 Å². The van der Waals surface area contributed by atoms with E-state index in [2.05, 4.69) is 11.0 Å². The van der Waals surface area contributed by atoms with Crippen molar-refractivity contribution >= 4 is 17.5 Å². The lowest BCUT2D eigenvalue weighted by molar-refractivity contribution is -0.136. The molecule has 1 amide bonds. The van der Waals surface area contributed by atoms with E-state index in [1.54, 1.807) is 0 Å². The van der Waals surface area contributed by atoms with Gasteiger partial charge in [-0.1, -0.05) is 23.7 Å². The fraction of sp³-hybridized carbons (Fsp3) is 0.611. The number of carbonyl (C=O) groups is 1. The molecule has 0 saturated carbocycles. The second-order valence-corrected chi connectivity index (χ2v) is 7.14. The maximum Gasteiger partial charge on any atom is 0.239 e. The Labute approximate surface area is 148 Å². The number of benzene rings is 1. The second-order valence-electron chi connectivity index (χ2n) is 6.71. The first-order valence-electron chi connectivity index (χ1n) is 8.72. The van der Waals surface area contributed by atoms with Crippen molar-refractivity contribution < 1.29 is 9.53 Å². The topological polar surface area (TPSA) is 58.8 Å². The molecule has 0 radical (unpaired) electrons. The zero-order chi connectivity index (χ0) is 16.9. The van der Waals surface area contributed by atoms with Gasteiger partial charge in [0.05, 0.1) is 6.04 Å². The van der Waals surface area contributed by atoms with Crippen LogP contribution in [0.15, 0.2) is 24.3 Å². The zero-order valence-corrected chi connectivity index (χ0v) is 14.8. The number of rotatable bonds is 4. The van der Waals surface area contributed by atoms with Gasteiger partial charge in [-0.05, 0) is 36.5 Å². The van der Waals surface area contributed by atoms with Crippen LogP contribution in [0.5, 0.6) is 0 Å². The molecule has 132 valence electrons. The molecule has 2 saturated heterocycles. The molecule has 2 N–H and O–H groups in total. The number of nitrogens with two attached hydrogens (primary N) is 1. The lowest BCUT2D eigenvalue weighted by atomic mass is 9.91. The van der Waals surface area contributed by atoms with Crippen LogP contribution in [0.25, 0.3) is 0 Å². The molecule has 24 heavy (non-hydrogen) atoms. The highest BCUT2D eigenvalue weighted by Gasteiger charge is 2.31. The number of piperazine rings is 1. The van der Waals surface area contributed by atoms with Crippen LogP contribution < -0.4 is 5.73 Å². The van der Waals surface area contributed by atoms with E-state index in [-0.39, 0.29) is 17.9 Å². The molecule has 2 aliphatic rings. The molecule has 0 spiro atoms. The lowest BCUT2D eigenvalue weighted by Crippen LogP contribution is -2.55. The van der Waals surface area contributed by atoms with Crippen molar-refractivity contribution in [3.05, 3.63) is 34.9 Å². The second kappa shape index (κ2) is 8.30. The average molecular weight is 352 g/mol. The van der Waals surface area contributed by atoms with Gasteiger partial charge in [-0.2, -0.15) is 0 Å². The van der Waals surface area contributed by atoms with Crippen molar-refractivity contribution in [2.75, 3.05) is 39.4 Å². The number of hydrogen-bond donors (Lipinski definition) is 1. The summed E-state index contributed by atoms with van der Waals surface area (Å²) >= 11 is 6.04. The Bertz CT molecular complexity index is 555. The van der Waals surface area contributed by atoms with Crippen molar-refractivity contribution in [3.63, 3.8) is 0 Å². The van der Waals surface area contributed by atoms with Crippen LogP contribution in [0.4, 0.5) is 0 Å². The summed E-state index contributed by atoms with van der Waals surface area (Å²) in [5, 5.41) is 0.767. The standard InChI is InChI=1S/C18H26ClN3O2/c19-16-3-1-2-14(12-16)13-21-6-8-22(9-7-21)18(23)17(20)15-4-10-24-11-5-15/h1-3,12,15,17H,4-11,13,20H2. The highest BCUT2D eigenvalue weighted by atomic mass is 35.5. The molecular formula is C18H26ClN3O2. The molecular weight excluding hydrogens is 326 g/mol. The maximum atomic E-state index is 12.6. The molecule has 1 atom stereocenters. The predicted octanol–water partition coefficient (Wildman–Crippen LogP) is 1.74. The monoisotopic (exact) mass is 351 g/mol. The van der Waals surface area contributed by atoms with Crippen molar-refractivity contribution in [1.82, 2.24) is 9.80 Å². The van der Waals surface area contributed by atoms with Crippen LogP contribution in [0.1, 0.15) is 18.4 Å². The maximum absolute atomic E-state index is 12.6. The van der Waals surface area contributed by atoms with Crippen LogP contribution in [0, 0.1) is 5.92 Å². The van der Waals surface area contributed by atoms with Gasteiger partial charge in [0.15, 0.2) is 0 Å². The number of ether oxygens (including phenoxy) is 1. The molecule has 2 heterocycles. The minimum Gasteiger partial charge on any atom is -0.381 e. The van der Waals surface area contributed by atoms with E-state index < -0.39 is 0 Å². The van der Waals surface area contributed by atoms with Crippen molar-refractivity contribution in [2.45, 2.75) is 25.4 Å². The van der Waals surface area contributed by atoms with Crippen LogP contribution in [-0.4, -0.2) is 61.1 Å². The molecule has 1 aromatic rings. The number of carbonyl (C=O) groups excluding carboxylic acids is 1. The van der Waals surface area contributed by atoms with Gasteiger partial charge in [-0.15, -0.1) is 0 Å². The van der Waals surface area contributed by atoms with Gasteiger partial charge < -0.3 is 15.4 Å². The summed E-state index contributed by atoms with van der Waals surface area (Å²) in [5.74, 6) is 0.361. The molecule has 0 aliphatic carbocycles. The van der Waals surface area contributed by atoms with Gasteiger partial charge in [0.2, 0.25) is 5.91 Å². The number of amides is 1. The molecule has 1 aromatic carbocycles. The summed E-state index contributed by atoms with van der Waals surface area (Å²) in [7, 11) is 0. The van der Waals surface area contributed by atoms with Crippen molar-refractivity contribution in [2.24, 2.45) is 11.7 Å². The quantitative estimate of drug-likeness (QED) is 0.897. The summed E-state index contributed by atoms with van der Waals surface area (Å²) < 4.78 is 5.36. The van der Waals surface area contributed by atoms with Gasteiger partial charge >= 0.3 is 0 Å². The highest BCUT2D eigenvalue weighted by molar-refractivity contribution is 6.30. The predicted molar refractivity (Wildman–Crippen MR) is 94.8 cm³/mol. The minimum atomic E-state index is -0.381. The van der Waals surface area contributed by atoms with Crippen LogP contribution >= 0.6 is 11.6 Å². The fourth-order valence-corrected chi connectivity index (χ4v) is 3.72. The Balaban J connectivity index is 1.48. The lowest BCUT2D eigenvalue weighted by Gasteiger charge is -2.37. The molecule has 2 fully saturated rings. The van der Waals surface area contributed by atoms with E-state index >= 15 is 0 Å². The summed E-state index contributed by atoms with van der Waals surface area (Å²) in [5.41, 5.74) is 7.43. The first kappa shape index (κ1) is 17.7. The smallest absolute Gasteiger partial charge is 0.239 e. The normalized spacial score (nSPS) is 21.7. The SMILES string of the molecule is NC(C(=O)N1CCN(Cc2cccc(Cl)c2)CC1)C1CCOCC1. The molecule has 0 aromatic heterocycles. The summed E-state index contributed by atoms with van der Waals surface area (Å²) in [6, 6.07) is 7.57. The largest absolute Gasteiger partial charge is 0.381 e. The Kier molecular flexibility index (Phi) is 6.11. The summed E-state index contributed by atoms with van der Waals surface area (Å²) in [6.07, 6.45) is 1.78.